The smallest absolute Gasteiger partial charge is 0.220 e. The number of rotatable bonds is 11. The van der Waals surface area contributed by atoms with E-state index in [1.165, 1.54) is 0 Å². The molecular formula is C14H31N3O. The van der Waals surface area contributed by atoms with E-state index in [1.54, 1.807) is 0 Å². The molecule has 0 saturated heterocycles. The molecule has 1 unspecified atom stereocenters. The molecule has 1 amide bonds. The van der Waals surface area contributed by atoms with Crippen molar-refractivity contribution in [3.8, 4) is 0 Å². The quantitative estimate of drug-likeness (QED) is 0.553. The third-order valence-electron chi connectivity index (χ3n) is 3.39. The van der Waals surface area contributed by atoms with Crippen LogP contribution in [-0.4, -0.2) is 43.5 Å². The average molecular weight is 257 g/mol. The Bertz CT molecular complexity index is 205. The number of carbonyl (C=O) groups excluding carboxylic acids is 1. The van der Waals surface area contributed by atoms with Crippen LogP contribution in [0.4, 0.5) is 0 Å². The minimum atomic E-state index is 0.179. The Balaban J connectivity index is 3.47. The van der Waals surface area contributed by atoms with Gasteiger partial charge in [0.1, 0.15) is 0 Å². The standard InChI is InChI=1S/C14H31N3O/c1-4-17(5-2)12-6-11-16-14(18)8-7-13(3)9-10-15/h13H,4-12,15H2,1-3H3,(H,16,18). The number of carbonyl (C=O) groups is 1. The zero-order valence-electron chi connectivity index (χ0n) is 12.4. The van der Waals surface area contributed by atoms with Gasteiger partial charge in [-0.2, -0.15) is 0 Å². The Morgan fingerprint density at radius 2 is 1.94 bits per heavy atom. The van der Waals surface area contributed by atoms with E-state index < -0.39 is 0 Å². The van der Waals surface area contributed by atoms with E-state index in [4.69, 9.17) is 5.73 Å². The fourth-order valence-corrected chi connectivity index (χ4v) is 1.97. The molecule has 0 spiro atoms. The number of hydrogen-bond donors (Lipinski definition) is 2. The molecule has 0 aromatic heterocycles. The summed E-state index contributed by atoms with van der Waals surface area (Å²) < 4.78 is 0. The van der Waals surface area contributed by atoms with Crippen molar-refractivity contribution in [2.24, 2.45) is 11.7 Å². The normalized spacial score (nSPS) is 12.7. The van der Waals surface area contributed by atoms with E-state index >= 15 is 0 Å². The summed E-state index contributed by atoms with van der Waals surface area (Å²) in [6.07, 6.45) is 3.62. The highest BCUT2D eigenvalue weighted by Crippen LogP contribution is 2.08. The molecule has 0 radical (unpaired) electrons. The van der Waals surface area contributed by atoms with E-state index in [0.717, 1.165) is 45.4 Å². The van der Waals surface area contributed by atoms with Crippen molar-refractivity contribution in [3.63, 3.8) is 0 Å². The largest absolute Gasteiger partial charge is 0.356 e. The van der Waals surface area contributed by atoms with Crippen LogP contribution in [0.15, 0.2) is 0 Å². The van der Waals surface area contributed by atoms with Gasteiger partial charge < -0.3 is 16.0 Å². The summed E-state index contributed by atoms with van der Waals surface area (Å²) in [5.41, 5.74) is 5.48. The Morgan fingerprint density at radius 1 is 1.28 bits per heavy atom. The monoisotopic (exact) mass is 257 g/mol. The molecule has 0 aromatic rings. The van der Waals surface area contributed by atoms with Gasteiger partial charge in [0.05, 0.1) is 0 Å². The Hall–Kier alpha value is -0.610. The van der Waals surface area contributed by atoms with Gasteiger partial charge in [-0.15, -0.1) is 0 Å². The van der Waals surface area contributed by atoms with Crippen molar-refractivity contribution in [2.45, 2.75) is 46.5 Å². The predicted octanol–water partition coefficient (Wildman–Crippen LogP) is 1.60. The van der Waals surface area contributed by atoms with Crippen LogP contribution in [0.25, 0.3) is 0 Å². The van der Waals surface area contributed by atoms with Crippen LogP contribution in [0.2, 0.25) is 0 Å². The first kappa shape index (κ1) is 17.4. The third-order valence-corrected chi connectivity index (χ3v) is 3.39. The molecular weight excluding hydrogens is 226 g/mol. The molecule has 0 aliphatic heterocycles. The second-order valence-corrected chi connectivity index (χ2v) is 4.95. The van der Waals surface area contributed by atoms with E-state index in [9.17, 15) is 4.79 Å². The highest BCUT2D eigenvalue weighted by molar-refractivity contribution is 5.75. The summed E-state index contributed by atoms with van der Waals surface area (Å²) in [5.74, 6) is 0.731. The molecule has 0 bridgehead atoms. The van der Waals surface area contributed by atoms with Gasteiger partial charge >= 0.3 is 0 Å². The lowest BCUT2D eigenvalue weighted by Gasteiger charge is -2.17. The van der Waals surface area contributed by atoms with Crippen LogP contribution >= 0.6 is 0 Å². The maximum atomic E-state index is 11.6. The Kier molecular flexibility index (Phi) is 11.1. The van der Waals surface area contributed by atoms with Gasteiger partial charge in [-0.25, -0.2) is 0 Å². The number of nitrogens with one attached hydrogen (secondary N) is 1. The molecule has 18 heavy (non-hydrogen) atoms. The fourth-order valence-electron chi connectivity index (χ4n) is 1.97. The summed E-state index contributed by atoms with van der Waals surface area (Å²) in [6, 6.07) is 0. The van der Waals surface area contributed by atoms with Crippen molar-refractivity contribution >= 4 is 5.91 Å². The second-order valence-electron chi connectivity index (χ2n) is 4.95. The van der Waals surface area contributed by atoms with Crippen molar-refractivity contribution in [1.82, 2.24) is 10.2 Å². The molecule has 1 atom stereocenters. The highest BCUT2D eigenvalue weighted by Gasteiger charge is 2.06. The summed E-state index contributed by atoms with van der Waals surface area (Å²) in [5, 5.41) is 2.99. The van der Waals surface area contributed by atoms with Crippen LogP contribution < -0.4 is 11.1 Å². The zero-order valence-corrected chi connectivity index (χ0v) is 12.4. The lowest BCUT2D eigenvalue weighted by atomic mass is 10.0. The van der Waals surface area contributed by atoms with E-state index in [1.807, 2.05) is 0 Å². The van der Waals surface area contributed by atoms with Gasteiger partial charge in [0.15, 0.2) is 0 Å². The van der Waals surface area contributed by atoms with E-state index in [2.05, 4.69) is 31.0 Å². The molecule has 4 nitrogen and oxygen atoms in total. The highest BCUT2D eigenvalue weighted by atomic mass is 16.1. The van der Waals surface area contributed by atoms with Crippen LogP contribution in [0, 0.1) is 5.92 Å². The van der Waals surface area contributed by atoms with E-state index in [-0.39, 0.29) is 5.91 Å². The lowest BCUT2D eigenvalue weighted by Crippen LogP contribution is -2.30. The summed E-state index contributed by atoms with van der Waals surface area (Å²) >= 11 is 0. The van der Waals surface area contributed by atoms with E-state index in [0.29, 0.717) is 18.9 Å². The molecule has 108 valence electrons. The van der Waals surface area contributed by atoms with Gasteiger partial charge in [0.25, 0.3) is 0 Å². The Labute approximate surface area is 112 Å². The van der Waals surface area contributed by atoms with Crippen LogP contribution in [0.1, 0.15) is 46.5 Å². The van der Waals surface area contributed by atoms with Crippen LogP contribution in [-0.2, 0) is 4.79 Å². The summed E-state index contributed by atoms with van der Waals surface area (Å²) in [6.45, 7) is 11.2. The van der Waals surface area contributed by atoms with Crippen molar-refractivity contribution in [1.29, 1.82) is 0 Å². The zero-order chi connectivity index (χ0) is 13.8. The molecule has 0 rings (SSSR count). The molecule has 0 aromatic carbocycles. The number of nitrogens with zero attached hydrogens (tertiary/aromatic N) is 1. The fraction of sp³-hybridized carbons (Fsp3) is 0.929. The average Bonchev–Trinajstić information content (AvgIpc) is 2.37. The molecule has 0 saturated carbocycles. The van der Waals surface area contributed by atoms with Crippen molar-refractivity contribution in [3.05, 3.63) is 0 Å². The third kappa shape index (κ3) is 9.42. The molecule has 3 N–H and O–H groups in total. The van der Waals surface area contributed by atoms with Gasteiger partial charge in [-0.05, 0) is 51.4 Å². The van der Waals surface area contributed by atoms with Gasteiger partial charge in [-0.1, -0.05) is 20.8 Å². The molecule has 0 aliphatic carbocycles. The minimum absolute atomic E-state index is 0.179. The second kappa shape index (κ2) is 11.5. The van der Waals surface area contributed by atoms with Gasteiger partial charge in [-0.3, -0.25) is 4.79 Å². The first-order chi connectivity index (χ1) is 8.63. The van der Waals surface area contributed by atoms with Gasteiger partial charge in [0.2, 0.25) is 5.91 Å². The first-order valence-corrected chi connectivity index (χ1v) is 7.33. The number of hydrogen-bond acceptors (Lipinski definition) is 3. The Morgan fingerprint density at radius 3 is 2.50 bits per heavy atom. The topological polar surface area (TPSA) is 58.4 Å². The number of amides is 1. The summed E-state index contributed by atoms with van der Waals surface area (Å²) in [4.78, 5) is 14.0. The minimum Gasteiger partial charge on any atom is -0.356 e. The maximum absolute atomic E-state index is 11.6. The SMILES string of the molecule is CCN(CC)CCCNC(=O)CCC(C)CCN. The van der Waals surface area contributed by atoms with Crippen molar-refractivity contribution in [2.75, 3.05) is 32.7 Å². The molecule has 4 heteroatoms. The van der Waals surface area contributed by atoms with Crippen LogP contribution in [0.5, 0.6) is 0 Å². The van der Waals surface area contributed by atoms with Gasteiger partial charge in [0, 0.05) is 13.0 Å². The molecule has 0 fully saturated rings. The summed E-state index contributed by atoms with van der Waals surface area (Å²) in [7, 11) is 0. The lowest BCUT2D eigenvalue weighted by molar-refractivity contribution is -0.121. The molecule has 0 heterocycles. The maximum Gasteiger partial charge on any atom is 0.220 e. The van der Waals surface area contributed by atoms with Crippen LogP contribution in [0.3, 0.4) is 0 Å². The molecule has 0 aliphatic rings. The first-order valence-electron chi connectivity index (χ1n) is 7.33. The number of nitrogens with two attached hydrogens (primary N) is 1. The van der Waals surface area contributed by atoms with Crippen molar-refractivity contribution < 1.29 is 4.79 Å². The predicted molar refractivity (Wildman–Crippen MR) is 77.5 cm³/mol.